The molecular weight excluding hydrogens is 437 g/mol. The first-order chi connectivity index (χ1) is 16.1. The number of piperazine rings is 1. The van der Waals surface area contributed by atoms with E-state index in [1.165, 1.54) is 18.6 Å². The lowest BCUT2D eigenvalue weighted by Gasteiger charge is -2.51. The third-order valence-electron chi connectivity index (χ3n) is 7.90. The zero-order chi connectivity index (χ0) is 24.3. The Bertz CT molecular complexity index is 1120. The zero-order valence-electron chi connectivity index (χ0n) is 20.2. The molecule has 3 amide bonds. The van der Waals surface area contributed by atoms with Gasteiger partial charge in [-0.15, -0.1) is 0 Å². The van der Waals surface area contributed by atoms with E-state index in [0.29, 0.717) is 12.4 Å². The van der Waals surface area contributed by atoms with Gasteiger partial charge in [0.15, 0.2) is 5.82 Å². The molecule has 0 aromatic carbocycles. The fourth-order valence-corrected chi connectivity index (χ4v) is 5.75. The summed E-state index contributed by atoms with van der Waals surface area (Å²) in [4.78, 5) is 36.9. The lowest BCUT2D eigenvalue weighted by molar-refractivity contribution is 0.000657. The average Bonchev–Trinajstić information content (AvgIpc) is 3.46. The van der Waals surface area contributed by atoms with Gasteiger partial charge in [0.05, 0.1) is 24.0 Å². The molecule has 2 N–H and O–H groups in total. The molecule has 1 unspecified atom stereocenters. The van der Waals surface area contributed by atoms with E-state index in [9.17, 15) is 14.0 Å². The van der Waals surface area contributed by atoms with Crippen molar-refractivity contribution < 1.29 is 14.0 Å². The van der Waals surface area contributed by atoms with Crippen LogP contribution in [-0.2, 0) is 12.1 Å². The Morgan fingerprint density at radius 2 is 2.09 bits per heavy atom. The van der Waals surface area contributed by atoms with Crippen LogP contribution in [0.25, 0.3) is 0 Å². The number of aromatic nitrogens is 3. The van der Waals surface area contributed by atoms with Crippen molar-refractivity contribution in [2.45, 2.75) is 70.6 Å². The van der Waals surface area contributed by atoms with Crippen molar-refractivity contribution in [1.82, 2.24) is 29.9 Å². The van der Waals surface area contributed by atoms with Crippen molar-refractivity contribution in [2.24, 2.45) is 0 Å². The van der Waals surface area contributed by atoms with Gasteiger partial charge < -0.3 is 15.1 Å². The Hall–Kier alpha value is -3.01. The first kappa shape index (κ1) is 22.8. The molecule has 2 aromatic heterocycles. The Morgan fingerprint density at radius 1 is 1.29 bits per heavy atom. The third kappa shape index (κ3) is 3.55. The van der Waals surface area contributed by atoms with Gasteiger partial charge in [-0.2, -0.15) is 5.10 Å². The van der Waals surface area contributed by atoms with Gasteiger partial charge in [0.2, 0.25) is 0 Å². The number of urea groups is 1. The van der Waals surface area contributed by atoms with Crippen LogP contribution in [0.15, 0.2) is 18.3 Å². The van der Waals surface area contributed by atoms with Crippen LogP contribution >= 0.6 is 0 Å². The number of pyridine rings is 1. The summed E-state index contributed by atoms with van der Waals surface area (Å²) in [6, 6.07) is 2.71. The van der Waals surface area contributed by atoms with Crippen LogP contribution in [0.2, 0.25) is 0 Å². The molecule has 0 aliphatic carbocycles. The highest BCUT2D eigenvalue weighted by molar-refractivity contribution is 6.02. The fraction of sp³-hybridized carbons (Fsp3) is 0.583. The van der Waals surface area contributed by atoms with Gasteiger partial charge >= 0.3 is 6.03 Å². The number of aromatic amines is 1. The summed E-state index contributed by atoms with van der Waals surface area (Å²) in [6.07, 6.45) is 4.19. The standard InChI is InChI=1S/C24H32FN7O2/c1-5-16-12-30-10-6-9-24(30,4)14-31(16)22(34)32-13-17-19(23(32,2)3)28-29-20(17)27-21(33)18-8-7-15(25)11-26-18/h7-8,11,16H,5-6,9-10,12-14H2,1-4H3,(H2,27,28,29,33)/t16-,24?/m0/s1. The first-order valence-electron chi connectivity index (χ1n) is 12.0. The van der Waals surface area contributed by atoms with Crippen LogP contribution < -0.4 is 5.32 Å². The minimum Gasteiger partial charge on any atom is -0.319 e. The minimum atomic E-state index is -0.609. The maximum atomic E-state index is 13.9. The van der Waals surface area contributed by atoms with Crippen molar-refractivity contribution >= 4 is 17.8 Å². The smallest absolute Gasteiger partial charge is 0.319 e. The second-order valence-corrected chi connectivity index (χ2v) is 10.4. The maximum absolute atomic E-state index is 13.9. The summed E-state index contributed by atoms with van der Waals surface area (Å²) in [5.41, 5.74) is 1.11. The number of amides is 3. The van der Waals surface area contributed by atoms with E-state index < -0.39 is 17.3 Å². The van der Waals surface area contributed by atoms with Crippen LogP contribution in [0, 0.1) is 5.82 Å². The van der Waals surface area contributed by atoms with Crippen molar-refractivity contribution in [2.75, 3.05) is 25.0 Å². The monoisotopic (exact) mass is 469 g/mol. The topological polar surface area (TPSA) is 97.5 Å². The molecule has 0 spiro atoms. The molecule has 2 saturated heterocycles. The molecule has 2 aromatic rings. The largest absolute Gasteiger partial charge is 0.321 e. The average molecular weight is 470 g/mol. The molecule has 3 aliphatic rings. The van der Waals surface area contributed by atoms with E-state index in [0.717, 1.165) is 49.9 Å². The van der Waals surface area contributed by atoms with Gasteiger partial charge in [0.1, 0.15) is 11.5 Å². The summed E-state index contributed by atoms with van der Waals surface area (Å²) < 4.78 is 13.2. The highest BCUT2D eigenvalue weighted by Crippen LogP contribution is 2.43. The van der Waals surface area contributed by atoms with Gasteiger partial charge in [-0.05, 0) is 58.7 Å². The Labute approximate surface area is 198 Å². The lowest BCUT2D eigenvalue weighted by Crippen LogP contribution is -2.65. The van der Waals surface area contributed by atoms with Crippen molar-refractivity contribution in [3.8, 4) is 0 Å². The molecule has 0 saturated carbocycles. The summed E-state index contributed by atoms with van der Waals surface area (Å²) in [7, 11) is 0. The van der Waals surface area contributed by atoms with Crippen LogP contribution in [0.1, 0.15) is 68.7 Å². The predicted octanol–water partition coefficient (Wildman–Crippen LogP) is 3.32. The number of H-pyrrole nitrogens is 1. The second kappa shape index (κ2) is 8.04. The SMILES string of the molecule is CC[C@H]1CN2CCCC2(C)CN1C(=O)N1Cc2c(NC(=O)c3ccc(F)cn3)n[nH]c2C1(C)C. The van der Waals surface area contributed by atoms with Gasteiger partial charge in [-0.25, -0.2) is 14.2 Å². The second-order valence-electron chi connectivity index (χ2n) is 10.4. The number of hydrogen-bond donors (Lipinski definition) is 2. The van der Waals surface area contributed by atoms with E-state index in [4.69, 9.17) is 0 Å². The van der Waals surface area contributed by atoms with Gasteiger partial charge in [0, 0.05) is 30.2 Å². The molecule has 5 rings (SSSR count). The lowest BCUT2D eigenvalue weighted by atomic mass is 9.92. The van der Waals surface area contributed by atoms with E-state index in [2.05, 4.69) is 44.1 Å². The molecule has 34 heavy (non-hydrogen) atoms. The number of halogens is 1. The molecule has 0 bridgehead atoms. The molecule has 3 aliphatic heterocycles. The van der Waals surface area contributed by atoms with Crippen molar-refractivity contribution in [3.63, 3.8) is 0 Å². The number of hydrogen-bond acceptors (Lipinski definition) is 5. The molecule has 5 heterocycles. The highest BCUT2D eigenvalue weighted by atomic mass is 19.1. The molecule has 9 nitrogen and oxygen atoms in total. The number of nitrogens with zero attached hydrogens (tertiary/aromatic N) is 5. The predicted molar refractivity (Wildman–Crippen MR) is 125 cm³/mol. The Morgan fingerprint density at radius 3 is 2.79 bits per heavy atom. The number of carbonyl (C=O) groups excluding carboxylic acids is 2. The van der Waals surface area contributed by atoms with Crippen LogP contribution in [0.3, 0.4) is 0 Å². The summed E-state index contributed by atoms with van der Waals surface area (Å²) in [6.45, 7) is 11.5. The normalized spacial score (nSPS) is 25.9. The molecule has 2 atom stereocenters. The Kier molecular flexibility index (Phi) is 5.38. The van der Waals surface area contributed by atoms with E-state index in [1.54, 1.807) is 0 Å². The number of carbonyl (C=O) groups is 2. The fourth-order valence-electron chi connectivity index (χ4n) is 5.75. The van der Waals surface area contributed by atoms with Crippen LogP contribution in [-0.4, -0.2) is 73.0 Å². The molecule has 2 fully saturated rings. The summed E-state index contributed by atoms with van der Waals surface area (Å²) in [5, 5.41) is 10.1. The summed E-state index contributed by atoms with van der Waals surface area (Å²) >= 11 is 0. The number of rotatable bonds is 3. The molecule has 182 valence electrons. The van der Waals surface area contributed by atoms with Crippen LogP contribution in [0.5, 0.6) is 0 Å². The van der Waals surface area contributed by atoms with E-state index in [1.807, 2.05) is 18.7 Å². The van der Waals surface area contributed by atoms with Crippen molar-refractivity contribution in [3.05, 3.63) is 41.1 Å². The van der Waals surface area contributed by atoms with E-state index >= 15 is 0 Å². The minimum absolute atomic E-state index is 0.0201. The number of fused-ring (bicyclic) bond motifs is 2. The zero-order valence-corrected chi connectivity index (χ0v) is 20.2. The number of anilines is 1. The van der Waals surface area contributed by atoms with Gasteiger partial charge in [0.25, 0.3) is 5.91 Å². The molecule has 10 heteroatoms. The molecular formula is C24H32FN7O2. The maximum Gasteiger partial charge on any atom is 0.321 e. The van der Waals surface area contributed by atoms with Gasteiger partial charge in [-0.3, -0.25) is 14.8 Å². The third-order valence-corrected chi connectivity index (χ3v) is 7.90. The first-order valence-corrected chi connectivity index (χ1v) is 12.0. The summed E-state index contributed by atoms with van der Waals surface area (Å²) in [5.74, 6) is -0.617. The van der Waals surface area contributed by atoms with Gasteiger partial charge in [-0.1, -0.05) is 6.92 Å². The number of nitrogens with one attached hydrogen (secondary N) is 2. The molecule has 0 radical (unpaired) electrons. The van der Waals surface area contributed by atoms with E-state index in [-0.39, 0.29) is 23.3 Å². The van der Waals surface area contributed by atoms with Crippen molar-refractivity contribution in [1.29, 1.82) is 0 Å². The quantitative estimate of drug-likeness (QED) is 0.719. The Balaban J connectivity index is 1.37. The highest BCUT2D eigenvalue weighted by Gasteiger charge is 2.50. The van der Waals surface area contributed by atoms with Crippen LogP contribution in [0.4, 0.5) is 15.0 Å².